The van der Waals surface area contributed by atoms with Crippen molar-refractivity contribution >= 4 is 0 Å². The minimum atomic E-state index is 0.183. The predicted molar refractivity (Wildman–Crippen MR) is 78.3 cm³/mol. The van der Waals surface area contributed by atoms with Gasteiger partial charge in [0.05, 0.1) is 12.2 Å². The Balaban J connectivity index is 2.03. The zero-order valence-corrected chi connectivity index (χ0v) is 12.7. The minimum Gasteiger partial charge on any atom is -0.395 e. The topological polar surface area (TPSA) is 32.7 Å². The summed E-state index contributed by atoms with van der Waals surface area (Å²) in [4.78, 5) is 2.57. The van der Waals surface area contributed by atoms with Crippen LogP contribution in [-0.2, 0) is 4.74 Å². The fraction of sp³-hybridized carbons (Fsp3) is 1.00. The molecular formula is C16H31NO2. The molecule has 1 atom stereocenters. The van der Waals surface area contributed by atoms with Crippen molar-refractivity contribution in [3.63, 3.8) is 0 Å². The maximum absolute atomic E-state index is 9.39. The van der Waals surface area contributed by atoms with Crippen LogP contribution in [0.15, 0.2) is 0 Å². The SMILES string of the molecule is CCC(CC)N(CCO)C1CCOC2(CCCC2)C1. The van der Waals surface area contributed by atoms with Crippen LogP contribution in [-0.4, -0.2) is 47.4 Å². The van der Waals surface area contributed by atoms with E-state index in [1.165, 1.54) is 44.9 Å². The quantitative estimate of drug-likeness (QED) is 0.804. The number of rotatable bonds is 6. The van der Waals surface area contributed by atoms with Gasteiger partial charge in [-0.3, -0.25) is 4.90 Å². The molecule has 1 spiro atoms. The fourth-order valence-corrected chi connectivity index (χ4v) is 4.19. The van der Waals surface area contributed by atoms with Crippen molar-refractivity contribution in [3.8, 4) is 0 Å². The van der Waals surface area contributed by atoms with Crippen LogP contribution in [0.2, 0.25) is 0 Å². The molecule has 1 aliphatic carbocycles. The van der Waals surface area contributed by atoms with Gasteiger partial charge in [0.15, 0.2) is 0 Å². The van der Waals surface area contributed by atoms with Crippen LogP contribution in [0.3, 0.4) is 0 Å². The average Bonchev–Trinajstić information content (AvgIpc) is 2.87. The van der Waals surface area contributed by atoms with E-state index in [-0.39, 0.29) is 12.2 Å². The van der Waals surface area contributed by atoms with Gasteiger partial charge in [-0.1, -0.05) is 26.7 Å². The van der Waals surface area contributed by atoms with E-state index < -0.39 is 0 Å². The van der Waals surface area contributed by atoms with E-state index in [0.29, 0.717) is 12.1 Å². The largest absolute Gasteiger partial charge is 0.395 e. The summed E-state index contributed by atoms with van der Waals surface area (Å²) in [5, 5.41) is 9.39. The molecule has 0 amide bonds. The Kier molecular flexibility index (Phi) is 5.67. The van der Waals surface area contributed by atoms with Crippen LogP contribution >= 0.6 is 0 Å². The highest BCUT2D eigenvalue weighted by Gasteiger charge is 2.42. The molecule has 1 saturated heterocycles. The summed E-state index contributed by atoms with van der Waals surface area (Å²) in [6.45, 7) is 6.55. The molecule has 0 radical (unpaired) electrons. The summed E-state index contributed by atoms with van der Waals surface area (Å²) in [7, 11) is 0. The lowest BCUT2D eigenvalue weighted by Crippen LogP contribution is -2.51. The Morgan fingerprint density at radius 1 is 1.26 bits per heavy atom. The van der Waals surface area contributed by atoms with Crippen LogP contribution in [0.25, 0.3) is 0 Å². The van der Waals surface area contributed by atoms with Gasteiger partial charge in [-0.05, 0) is 38.5 Å². The van der Waals surface area contributed by atoms with Gasteiger partial charge in [0.25, 0.3) is 0 Å². The summed E-state index contributed by atoms with van der Waals surface area (Å²) < 4.78 is 6.14. The second kappa shape index (κ2) is 7.05. The fourth-order valence-electron chi connectivity index (χ4n) is 4.19. The zero-order valence-electron chi connectivity index (χ0n) is 12.7. The maximum Gasteiger partial charge on any atom is 0.0697 e. The first-order valence-corrected chi connectivity index (χ1v) is 8.25. The summed E-state index contributed by atoms with van der Waals surface area (Å²) in [5.74, 6) is 0. The normalized spacial score (nSPS) is 26.7. The molecule has 0 aromatic carbocycles. The van der Waals surface area contributed by atoms with Crippen LogP contribution in [0, 0.1) is 0 Å². The number of nitrogens with zero attached hydrogens (tertiary/aromatic N) is 1. The van der Waals surface area contributed by atoms with E-state index in [9.17, 15) is 5.11 Å². The molecule has 3 heteroatoms. The Bertz CT molecular complexity index is 259. The third-order valence-electron chi connectivity index (χ3n) is 5.22. The van der Waals surface area contributed by atoms with Crippen LogP contribution < -0.4 is 0 Å². The van der Waals surface area contributed by atoms with Gasteiger partial charge in [0, 0.05) is 25.2 Å². The molecule has 3 nitrogen and oxygen atoms in total. The van der Waals surface area contributed by atoms with Crippen molar-refractivity contribution in [2.24, 2.45) is 0 Å². The number of ether oxygens (including phenoxy) is 1. The van der Waals surface area contributed by atoms with Gasteiger partial charge in [0.2, 0.25) is 0 Å². The molecule has 0 bridgehead atoms. The number of hydrogen-bond donors (Lipinski definition) is 1. The van der Waals surface area contributed by atoms with E-state index in [0.717, 1.165) is 19.6 Å². The van der Waals surface area contributed by atoms with Crippen LogP contribution in [0.1, 0.15) is 65.2 Å². The molecule has 19 heavy (non-hydrogen) atoms. The van der Waals surface area contributed by atoms with Crippen molar-refractivity contribution in [1.82, 2.24) is 4.90 Å². The monoisotopic (exact) mass is 269 g/mol. The molecule has 0 aromatic rings. The smallest absolute Gasteiger partial charge is 0.0697 e. The van der Waals surface area contributed by atoms with Crippen LogP contribution in [0.5, 0.6) is 0 Å². The summed E-state index contributed by atoms with van der Waals surface area (Å²) in [5.41, 5.74) is 0.183. The van der Waals surface area contributed by atoms with E-state index in [2.05, 4.69) is 18.7 Å². The first kappa shape index (κ1) is 15.3. The first-order chi connectivity index (χ1) is 9.24. The second-order valence-electron chi connectivity index (χ2n) is 6.32. The van der Waals surface area contributed by atoms with Crippen LogP contribution in [0.4, 0.5) is 0 Å². The van der Waals surface area contributed by atoms with Crippen molar-refractivity contribution in [2.45, 2.75) is 82.9 Å². The van der Waals surface area contributed by atoms with Crippen molar-refractivity contribution in [3.05, 3.63) is 0 Å². The summed E-state index contributed by atoms with van der Waals surface area (Å²) >= 11 is 0. The maximum atomic E-state index is 9.39. The molecule has 1 N–H and O–H groups in total. The van der Waals surface area contributed by atoms with Gasteiger partial charge >= 0.3 is 0 Å². The Labute approximate surface area is 118 Å². The molecule has 112 valence electrons. The Hall–Kier alpha value is -0.120. The lowest BCUT2D eigenvalue weighted by Gasteiger charge is -2.45. The molecule has 0 aromatic heterocycles. The number of aliphatic hydroxyl groups excluding tert-OH is 1. The average molecular weight is 269 g/mol. The van der Waals surface area contributed by atoms with Crippen molar-refractivity contribution in [2.75, 3.05) is 19.8 Å². The lowest BCUT2D eigenvalue weighted by molar-refractivity contribution is -0.108. The summed E-state index contributed by atoms with van der Waals surface area (Å²) in [6.07, 6.45) is 9.84. The molecule has 2 fully saturated rings. The van der Waals surface area contributed by atoms with E-state index in [4.69, 9.17) is 4.74 Å². The van der Waals surface area contributed by atoms with Gasteiger partial charge in [-0.2, -0.15) is 0 Å². The van der Waals surface area contributed by atoms with E-state index >= 15 is 0 Å². The number of hydrogen-bond acceptors (Lipinski definition) is 3. The van der Waals surface area contributed by atoms with E-state index in [1.807, 2.05) is 0 Å². The zero-order chi connectivity index (χ0) is 13.7. The predicted octanol–water partition coefficient (Wildman–Crippen LogP) is 2.96. The molecule has 1 aliphatic heterocycles. The standard InChI is InChI=1S/C16H31NO2/c1-3-14(4-2)17(10-11-18)15-7-12-19-16(13-15)8-5-6-9-16/h14-15,18H,3-13H2,1-2H3. The molecule has 2 rings (SSSR count). The first-order valence-electron chi connectivity index (χ1n) is 8.25. The molecule has 2 aliphatic rings. The highest BCUT2D eigenvalue weighted by molar-refractivity contribution is 4.95. The van der Waals surface area contributed by atoms with Gasteiger partial charge in [-0.15, -0.1) is 0 Å². The van der Waals surface area contributed by atoms with Gasteiger partial charge in [-0.25, -0.2) is 0 Å². The second-order valence-corrected chi connectivity index (χ2v) is 6.32. The van der Waals surface area contributed by atoms with Gasteiger partial charge < -0.3 is 9.84 Å². The molecule has 1 heterocycles. The molecule has 1 saturated carbocycles. The summed E-state index contributed by atoms with van der Waals surface area (Å²) in [6, 6.07) is 1.23. The van der Waals surface area contributed by atoms with Gasteiger partial charge in [0.1, 0.15) is 0 Å². The highest BCUT2D eigenvalue weighted by Crippen LogP contribution is 2.41. The number of aliphatic hydroxyl groups is 1. The minimum absolute atomic E-state index is 0.183. The third-order valence-corrected chi connectivity index (χ3v) is 5.22. The van der Waals surface area contributed by atoms with Crippen molar-refractivity contribution < 1.29 is 9.84 Å². The lowest BCUT2D eigenvalue weighted by atomic mass is 9.87. The van der Waals surface area contributed by atoms with E-state index in [1.54, 1.807) is 0 Å². The van der Waals surface area contributed by atoms with Crippen molar-refractivity contribution in [1.29, 1.82) is 0 Å². The third kappa shape index (κ3) is 3.50. The Morgan fingerprint density at radius 3 is 2.53 bits per heavy atom. The highest BCUT2D eigenvalue weighted by atomic mass is 16.5. The molecule has 1 unspecified atom stereocenters. The molecular weight excluding hydrogens is 238 g/mol. The Morgan fingerprint density at radius 2 is 1.95 bits per heavy atom.